The maximum absolute atomic E-state index is 11.1. The number of nitrogen functional groups attached to an aromatic ring is 1. The Hall–Kier alpha value is -2.69. The zero-order valence-electron chi connectivity index (χ0n) is 11.9. The first-order valence-electron chi connectivity index (χ1n) is 6.40. The third kappa shape index (κ3) is 3.45. The van der Waals surface area contributed by atoms with Gasteiger partial charge in [-0.1, -0.05) is 29.8 Å². The molecule has 0 saturated carbocycles. The average molecular weight is 287 g/mol. The van der Waals surface area contributed by atoms with Gasteiger partial charge in [0.15, 0.2) is 11.5 Å². The second-order valence-electron chi connectivity index (χ2n) is 4.67. The molecule has 21 heavy (non-hydrogen) atoms. The van der Waals surface area contributed by atoms with Gasteiger partial charge in [-0.15, -0.1) is 0 Å². The van der Waals surface area contributed by atoms with E-state index < -0.39 is 5.97 Å². The second kappa shape index (κ2) is 6.17. The second-order valence-corrected chi connectivity index (χ2v) is 4.67. The Balaban J connectivity index is 2.26. The molecule has 0 bridgehead atoms. The number of carboxylic acids is 1. The molecule has 0 fully saturated rings. The third-order valence-electron chi connectivity index (χ3n) is 3.04. The Morgan fingerprint density at radius 1 is 1.24 bits per heavy atom. The van der Waals surface area contributed by atoms with E-state index in [4.69, 9.17) is 20.3 Å². The van der Waals surface area contributed by atoms with Gasteiger partial charge in [-0.2, -0.15) is 0 Å². The number of hydrogen-bond acceptors (Lipinski definition) is 4. The van der Waals surface area contributed by atoms with Crippen molar-refractivity contribution in [2.75, 3.05) is 12.8 Å². The summed E-state index contributed by atoms with van der Waals surface area (Å²) >= 11 is 0. The number of aryl methyl sites for hydroxylation is 1. The van der Waals surface area contributed by atoms with E-state index in [-0.39, 0.29) is 11.3 Å². The lowest BCUT2D eigenvalue weighted by Gasteiger charge is -2.13. The summed E-state index contributed by atoms with van der Waals surface area (Å²) in [4.78, 5) is 11.1. The predicted octanol–water partition coefficient (Wildman–Crippen LogP) is 2.86. The molecule has 0 unspecified atom stereocenters. The molecule has 2 rings (SSSR count). The number of nitrogens with two attached hydrogens (primary N) is 1. The molecule has 0 heterocycles. The van der Waals surface area contributed by atoms with Crippen molar-refractivity contribution in [2.24, 2.45) is 0 Å². The highest BCUT2D eigenvalue weighted by Gasteiger charge is 2.14. The van der Waals surface area contributed by atoms with Crippen LogP contribution in [0.1, 0.15) is 21.5 Å². The lowest BCUT2D eigenvalue weighted by molar-refractivity contribution is 0.0697. The van der Waals surface area contributed by atoms with Gasteiger partial charge in [0.05, 0.1) is 18.4 Å². The summed E-state index contributed by atoms with van der Waals surface area (Å²) in [6.07, 6.45) is 0. The Morgan fingerprint density at radius 2 is 2.00 bits per heavy atom. The van der Waals surface area contributed by atoms with Crippen LogP contribution in [0.4, 0.5) is 5.69 Å². The quantitative estimate of drug-likeness (QED) is 0.826. The summed E-state index contributed by atoms with van der Waals surface area (Å²) in [6.45, 7) is 2.32. The van der Waals surface area contributed by atoms with E-state index in [2.05, 4.69) is 0 Å². The molecule has 0 aliphatic rings. The summed E-state index contributed by atoms with van der Waals surface area (Å²) < 4.78 is 10.8. The standard InChI is InChI=1S/C16H17NO4/c1-10-4-3-5-11(6-10)9-21-15-7-12(16(18)19)13(17)8-14(15)20-2/h3-8H,9,17H2,1-2H3,(H,18,19). The fraction of sp³-hybridized carbons (Fsp3) is 0.188. The molecule has 0 aliphatic carbocycles. The number of aromatic carboxylic acids is 1. The fourth-order valence-corrected chi connectivity index (χ4v) is 2.00. The minimum absolute atomic E-state index is 0.00459. The summed E-state index contributed by atoms with van der Waals surface area (Å²) in [6, 6.07) is 10.7. The normalized spacial score (nSPS) is 10.2. The van der Waals surface area contributed by atoms with Crippen molar-refractivity contribution < 1.29 is 19.4 Å². The predicted molar refractivity (Wildman–Crippen MR) is 79.9 cm³/mol. The van der Waals surface area contributed by atoms with Crippen molar-refractivity contribution in [3.8, 4) is 11.5 Å². The number of anilines is 1. The Kier molecular flexibility index (Phi) is 4.33. The largest absolute Gasteiger partial charge is 0.493 e. The van der Waals surface area contributed by atoms with Gasteiger partial charge in [0.25, 0.3) is 0 Å². The molecule has 0 aromatic heterocycles. The smallest absolute Gasteiger partial charge is 0.337 e. The van der Waals surface area contributed by atoms with Crippen molar-refractivity contribution >= 4 is 11.7 Å². The number of carboxylic acid groups (broad SMARTS) is 1. The number of hydrogen-bond donors (Lipinski definition) is 2. The van der Waals surface area contributed by atoms with E-state index in [0.29, 0.717) is 18.1 Å². The lowest BCUT2D eigenvalue weighted by atomic mass is 10.1. The number of benzene rings is 2. The Labute approximate surface area is 122 Å². The molecule has 0 radical (unpaired) electrons. The van der Waals surface area contributed by atoms with E-state index in [0.717, 1.165) is 11.1 Å². The molecule has 0 spiro atoms. The molecule has 0 amide bonds. The van der Waals surface area contributed by atoms with Gasteiger partial charge < -0.3 is 20.3 Å². The van der Waals surface area contributed by atoms with Gasteiger partial charge in [0.1, 0.15) is 6.61 Å². The van der Waals surface area contributed by atoms with Gasteiger partial charge in [-0.3, -0.25) is 0 Å². The first-order valence-corrected chi connectivity index (χ1v) is 6.40. The van der Waals surface area contributed by atoms with Gasteiger partial charge in [0, 0.05) is 12.1 Å². The third-order valence-corrected chi connectivity index (χ3v) is 3.04. The molecule has 5 heteroatoms. The van der Waals surface area contributed by atoms with E-state index in [1.165, 1.54) is 19.2 Å². The topological polar surface area (TPSA) is 81.8 Å². The number of rotatable bonds is 5. The van der Waals surface area contributed by atoms with Crippen LogP contribution in [0.5, 0.6) is 11.5 Å². The van der Waals surface area contributed by atoms with Crippen molar-refractivity contribution in [3.05, 3.63) is 53.1 Å². The van der Waals surface area contributed by atoms with Crippen molar-refractivity contribution in [3.63, 3.8) is 0 Å². The SMILES string of the molecule is COc1cc(N)c(C(=O)O)cc1OCc1cccc(C)c1. The van der Waals surface area contributed by atoms with Crippen LogP contribution in [-0.2, 0) is 6.61 Å². The van der Waals surface area contributed by atoms with Crippen LogP contribution in [-0.4, -0.2) is 18.2 Å². The van der Waals surface area contributed by atoms with Crippen LogP contribution in [0.15, 0.2) is 36.4 Å². The highest BCUT2D eigenvalue weighted by Crippen LogP contribution is 2.32. The minimum Gasteiger partial charge on any atom is -0.493 e. The van der Waals surface area contributed by atoms with Crippen LogP contribution in [0.2, 0.25) is 0 Å². The molecular formula is C16H17NO4. The van der Waals surface area contributed by atoms with Gasteiger partial charge in [0.2, 0.25) is 0 Å². The van der Waals surface area contributed by atoms with E-state index in [1.54, 1.807) is 0 Å². The summed E-state index contributed by atoms with van der Waals surface area (Å²) in [7, 11) is 1.48. The van der Waals surface area contributed by atoms with Crippen molar-refractivity contribution in [2.45, 2.75) is 13.5 Å². The number of methoxy groups -OCH3 is 1. The Morgan fingerprint density at radius 3 is 2.62 bits per heavy atom. The van der Waals surface area contributed by atoms with Gasteiger partial charge in [-0.25, -0.2) is 4.79 Å². The van der Waals surface area contributed by atoms with Gasteiger partial charge in [-0.05, 0) is 12.5 Å². The zero-order chi connectivity index (χ0) is 15.4. The maximum atomic E-state index is 11.1. The van der Waals surface area contributed by atoms with Gasteiger partial charge >= 0.3 is 5.97 Å². The number of ether oxygens (including phenoxy) is 2. The Bertz CT molecular complexity index is 667. The van der Waals surface area contributed by atoms with Crippen LogP contribution in [0.3, 0.4) is 0 Å². The molecule has 0 aliphatic heterocycles. The highest BCUT2D eigenvalue weighted by atomic mass is 16.5. The van der Waals surface area contributed by atoms with E-state index in [9.17, 15) is 4.79 Å². The average Bonchev–Trinajstić information content (AvgIpc) is 2.45. The fourth-order valence-electron chi connectivity index (χ4n) is 2.00. The van der Waals surface area contributed by atoms with Crippen molar-refractivity contribution in [1.82, 2.24) is 0 Å². The van der Waals surface area contributed by atoms with Crippen molar-refractivity contribution in [1.29, 1.82) is 0 Å². The molecule has 2 aromatic rings. The summed E-state index contributed by atoms with van der Waals surface area (Å²) in [5.74, 6) is -0.341. The molecule has 0 saturated heterocycles. The van der Waals surface area contributed by atoms with Crippen LogP contribution < -0.4 is 15.2 Å². The van der Waals surface area contributed by atoms with Crippen LogP contribution in [0, 0.1) is 6.92 Å². The first kappa shape index (κ1) is 14.7. The lowest BCUT2D eigenvalue weighted by Crippen LogP contribution is -2.05. The van der Waals surface area contributed by atoms with E-state index in [1.807, 2.05) is 31.2 Å². The monoisotopic (exact) mass is 287 g/mol. The molecule has 5 nitrogen and oxygen atoms in total. The molecule has 110 valence electrons. The molecular weight excluding hydrogens is 270 g/mol. The first-order chi connectivity index (χ1) is 10.0. The molecule has 2 aromatic carbocycles. The maximum Gasteiger partial charge on any atom is 0.337 e. The summed E-state index contributed by atoms with van der Waals surface area (Å²) in [5.41, 5.74) is 7.94. The highest BCUT2D eigenvalue weighted by molar-refractivity contribution is 5.94. The molecule has 0 atom stereocenters. The minimum atomic E-state index is -1.10. The summed E-state index contributed by atoms with van der Waals surface area (Å²) in [5, 5.41) is 9.10. The number of carbonyl (C=O) groups is 1. The molecule has 3 N–H and O–H groups in total. The zero-order valence-corrected chi connectivity index (χ0v) is 11.9. The van der Waals surface area contributed by atoms with E-state index >= 15 is 0 Å². The van der Waals surface area contributed by atoms with Crippen LogP contribution in [0.25, 0.3) is 0 Å². The van der Waals surface area contributed by atoms with Crippen LogP contribution >= 0.6 is 0 Å².